The van der Waals surface area contributed by atoms with Gasteiger partial charge >= 0.3 is 12.1 Å². The molecule has 1 aromatic carbocycles. The fourth-order valence-corrected chi connectivity index (χ4v) is 1.95. The number of benzene rings is 1. The first-order chi connectivity index (χ1) is 11.5. The average Bonchev–Trinajstić information content (AvgIpc) is 2.55. The van der Waals surface area contributed by atoms with Crippen molar-refractivity contribution in [1.29, 1.82) is 0 Å². The predicted octanol–water partition coefficient (Wildman–Crippen LogP) is 1.32. The molecule has 8 nitrogen and oxygen atoms in total. The number of aliphatic carboxylic acids is 1. The van der Waals surface area contributed by atoms with E-state index in [2.05, 4.69) is 10.4 Å². The number of rotatable bonds is 6. The van der Waals surface area contributed by atoms with Crippen LogP contribution in [-0.2, 0) is 22.7 Å². The fraction of sp³-hybridized carbons (Fsp3) is 0.250. The van der Waals surface area contributed by atoms with Gasteiger partial charge in [-0.25, -0.2) is 9.48 Å². The van der Waals surface area contributed by atoms with Crippen LogP contribution >= 0.6 is 0 Å². The van der Waals surface area contributed by atoms with E-state index in [9.17, 15) is 14.4 Å². The van der Waals surface area contributed by atoms with E-state index in [0.29, 0.717) is 5.69 Å². The molecule has 24 heavy (non-hydrogen) atoms. The van der Waals surface area contributed by atoms with Gasteiger partial charge in [-0.3, -0.25) is 9.59 Å². The normalized spacial score (nSPS) is 11.5. The van der Waals surface area contributed by atoms with E-state index in [4.69, 9.17) is 9.84 Å². The van der Waals surface area contributed by atoms with Gasteiger partial charge in [0.15, 0.2) is 0 Å². The summed E-state index contributed by atoms with van der Waals surface area (Å²) in [4.78, 5) is 34.1. The summed E-state index contributed by atoms with van der Waals surface area (Å²) in [6.07, 6.45) is -0.635. The number of aromatic nitrogens is 2. The number of alkyl carbamates (subject to hydrolysis) is 1. The monoisotopic (exact) mass is 331 g/mol. The molecule has 0 aliphatic carbocycles. The second-order valence-electron chi connectivity index (χ2n) is 5.08. The van der Waals surface area contributed by atoms with Crippen LogP contribution in [0.3, 0.4) is 0 Å². The summed E-state index contributed by atoms with van der Waals surface area (Å²) in [5.74, 6) is -1.18. The summed E-state index contributed by atoms with van der Waals surface area (Å²) in [5.41, 5.74) is 0.681. The van der Waals surface area contributed by atoms with Crippen LogP contribution in [0.15, 0.2) is 47.3 Å². The number of carbonyl (C=O) groups excluding carboxylic acids is 1. The third-order valence-electron chi connectivity index (χ3n) is 3.16. The number of ether oxygens (including phenoxy) is 1. The summed E-state index contributed by atoms with van der Waals surface area (Å²) in [6.45, 7) is 1.24. The number of nitrogens with one attached hydrogen (secondary N) is 1. The minimum atomic E-state index is -1.18. The van der Waals surface area contributed by atoms with Gasteiger partial charge < -0.3 is 15.2 Å². The first kappa shape index (κ1) is 17.2. The van der Waals surface area contributed by atoms with Crippen LogP contribution in [0.1, 0.15) is 24.2 Å². The molecule has 0 fully saturated rings. The highest BCUT2D eigenvalue weighted by molar-refractivity contribution is 5.67. The van der Waals surface area contributed by atoms with Gasteiger partial charge in [-0.1, -0.05) is 30.3 Å². The van der Waals surface area contributed by atoms with Gasteiger partial charge in [-0.15, -0.1) is 0 Å². The van der Waals surface area contributed by atoms with Crippen molar-refractivity contribution in [2.45, 2.75) is 26.1 Å². The number of carbonyl (C=O) groups is 2. The molecule has 0 unspecified atom stereocenters. The second kappa shape index (κ2) is 7.91. The lowest BCUT2D eigenvalue weighted by Crippen LogP contribution is -2.31. The van der Waals surface area contributed by atoms with Crippen molar-refractivity contribution in [3.63, 3.8) is 0 Å². The molecule has 0 spiro atoms. The maximum Gasteiger partial charge on any atom is 0.407 e. The molecular weight excluding hydrogens is 314 g/mol. The van der Waals surface area contributed by atoms with E-state index >= 15 is 0 Å². The topological polar surface area (TPSA) is 111 Å². The van der Waals surface area contributed by atoms with E-state index in [1.165, 1.54) is 12.1 Å². The molecular formula is C16H17N3O5. The number of amides is 1. The average molecular weight is 331 g/mol. The Morgan fingerprint density at radius 2 is 1.96 bits per heavy atom. The molecule has 8 heteroatoms. The number of nitrogens with zero attached hydrogens (tertiary/aromatic N) is 2. The van der Waals surface area contributed by atoms with Gasteiger partial charge in [0.25, 0.3) is 5.56 Å². The number of carboxylic acid groups (broad SMARTS) is 1. The molecule has 2 N–H and O–H groups in total. The highest BCUT2D eigenvalue weighted by Gasteiger charge is 2.14. The van der Waals surface area contributed by atoms with Crippen LogP contribution in [0.5, 0.6) is 0 Å². The van der Waals surface area contributed by atoms with Gasteiger partial charge in [-0.05, 0) is 18.6 Å². The zero-order chi connectivity index (χ0) is 17.5. The van der Waals surface area contributed by atoms with Crippen LogP contribution in [0, 0.1) is 0 Å². The van der Waals surface area contributed by atoms with E-state index in [-0.39, 0.29) is 6.61 Å². The Labute approximate surface area is 137 Å². The number of hydrogen-bond acceptors (Lipinski definition) is 5. The zero-order valence-electron chi connectivity index (χ0n) is 13.0. The van der Waals surface area contributed by atoms with E-state index in [1.54, 1.807) is 6.92 Å². The molecule has 0 aliphatic heterocycles. The van der Waals surface area contributed by atoms with Crippen LogP contribution in [0.4, 0.5) is 4.79 Å². The smallest absolute Gasteiger partial charge is 0.407 e. The molecule has 0 radical (unpaired) electrons. The highest BCUT2D eigenvalue weighted by Crippen LogP contribution is 2.08. The van der Waals surface area contributed by atoms with Crippen LogP contribution in [0.2, 0.25) is 0 Å². The standard InChI is InChI=1S/C16H17N3O5/c1-11(13-7-8-14(20)19(18-13)9-15(21)22)17-16(23)24-10-12-5-3-2-4-6-12/h2-8,11H,9-10H2,1H3,(H,17,23)(H,21,22)/t11-/m1/s1. The molecule has 126 valence electrons. The van der Waals surface area contributed by atoms with Gasteiger partial charge in [0, 0.05) is 6.07 Å². The summed E-state index contributed by atoms with van der Waals surface area (Å²) in [7, 11) is 0. The van der Waals surface area contributed by atoms with Crippen molar-refractivity contribution in [1.82, 2.24) is 15.1 Å². The maximum absolute atomic E-state index is 11.8. The predicted molar refractivity (Wildman–Crippen MR) is 84.3 cm³/mol. The molecule has 1 aromatic heterocycles. The summed E-state index contributed by atoms with van der Waals surface area (Å²) < 4.78 is 5.92. The minimum absolute atomic E-state index is 0.130. The summed E-state index contributed by atoms with van der Waals surface area (Å²) in [5, 5.41) is 15.3. The summed E-state index contributed by atoms with van der Waals surface area (Å²) >= 11 is 0. The number of hydrogen-bond donors (Lipinski definition) is 2. The van der Waals surface area contributed by atoms with E-state index in [0.717, 1.165) is 10.2 Å². The Balaban J connectivity index is 1.96. The van der Waals surface area contributed by atoms with Crippen LogP contribution in [-0.4, -0.2) is 26.9 Å². The Morgan fingerprint density at radius 1 is 1.25 bits per heavy atom. The molecule has 0 aliphatic rings. The second-order valence-corrected chi connectivity index (χ2v) is 5.08. The summed E-state index contributed by atoms with van der Waals surface area (Å²) in [6, 6.07) is 11.3. The fourth-order valence-electron chi connectivity index (χ4n) is 1.95. The zero-order valence-corrected chi connectivity index (χ0v) is 13.0. The molecule has 1 atom stereocenters. The Hall–Kier alpha value is -3.16. The van der Waals surface area contributed by atoms with Crippen molar-refractivity contribution in [3.8, 4) is 0 Å². The molecule has 0 saturated heterocycles. The molecule has 0 bridgehead atoms. The largest absolute Gasteiger partial charge is 0.480 e. The van der Waals surface area contributed by atoms with E-state index in [1.807, 2.05) is 30.3 Å². The van der Waals surface area contributed by atoms with Crippen LogP contribution in [0.25, 0.3) is 0 Å². The lowest BCUT2D eigenvalue weighted by Gasteiger charge is -2.14. The first-order valence-electron chi connectivity index (χ1n) is 7.23. The van der Waals surface area contributed by atoms with Crippen molar-refractivity contribution >= 4 is 12.1 Å². The van der Waals surface area contributed by atoms with Crippen molar-refractivity contribution in [3.05, 3.63) is 64.1 Å². The van der Waals surface area contributed by atoms with E-state index < -0.39 is 30.2 Å². The SMILES string of the molecule is C[C@@H](NC(=O)OCc1ccccc1)c1ccc(=O)n(CC(=O)O)n1. The molecule has 1 amide bonds. The Morgan fingerprint density at radius 3 is 2.62 bits per heavy atom. The maximum atomic E-state index is 11.8. The highest BCUT2D eigenvalue weighted by atomic mass is 16.5. The first-order valence-corrected chi connectivity index (χ1v) is 7.23. The molecule has 0 saturated carbocycles. The lowest BCUT2D eigenvalue weighted by molar-refractivity contribution is -0.138. The Bertz CT molecular complexity index is 773. The van der Waals surface area contributed by atoms with Gasteiger partial charge in [0.2, 0.25) is 0 Å². The van der Waals surface area contributed by atoms with Gasteiger partial charge in [0.1, 0.15) is 13.2 Å². The quantitative estimate of drug-likeness (QED) is 0.826. The van der Waals surface area contributed by atoms with Crippen molar-refractivity contribution in [2.24, 2.45) is 0 Å². The van der Waals surface area contributed by atoms with Crippen molar-refractivity contribution in [2.75, 3.05) is 0 Å². The third kappa shape index (κ3) is 4.94. The molecule has 2 rings (SSSR count). The van der Waals surface area contributed by atoms with Gasteiger partial charge in [0.05, 0.1) is 11.7 Å². The molecule has 2 aromatic rings. The lowest BCUT2D eigenvalue weighted by atomic mass is 10.2. The van der Waals surface area contributed by atoms with Crippen molar-refractivity contribution < 1.29 is 19.4 Å². The van der Waals surface area contributed by atoms with Gasteiger partial charge in [-0.2, -0.15) is 5.10 Å². The third-order valence-corrected chi connectivity index (χ3v) is 3.16. The molecule has 1 heterocycles. The minimum Gasteiger partial charge on any atom is -0.480 e. The number of carboxylic acids is 1. The van der Waals surface area contributed by atoms with Crippen LogP contribution < -0.4 is 10.9 Å². The Kier molecular flexibility index (Phi) is 5.67.